The maximum atomic E-state index is 13.2. The lowest BCUT2D eigenvalue weighted by molar-refractivity contribution is 0.0437. The summed E-state index contributed by atoms with van der Waals surface area (Å²) in [7, 11) is 0. The van der Waals surface area contributed by atoms with Gasteiger partial charge in [0.15, 0.2) is 0 Å². The van der Waals surface area contributed by atoms with Crippen molar-refractivity contribution >= 4 is 17.3 Å². The highest BCUT2D eigenvalue weighted by molar-refractivity contribution is 5.94. The molecule has 3 aromatic carbocycles. The highest BCUT2D eigenvalue weighted by Crippen LogP contribution is 2.32. The van der Waals surface area contributed by atoms with Crippen LogP contribution in [0.3, 0.4) is 0 Å². The number of ether oxygens (including phenoxy) is 1. The molecule has 0 aliphatic carbocycles. The molecule has 2 aliphatic heterocycles. The van der Waals surface area contributed by atoms with Gasteiger partial charge in [-0.1, -0.05) is 36.4 Å². The van der Waals surface area contributed by atoms with E-state index >= 15 is 0 Å². The van der Waals surface area contributed by atoms with E-state index < -0.39 is 6.23 Å². The van der Waals surface area contributed by atoms with Crippen molar-refractivity contribution in [3.05, 3.63) is 95.3 Å². The molecular weight excluding hydrogens is 405 g/mol. The fourth-order valence-corrected chi connectivity index (χ4v) is 4.43. The number of para-hydroxylation sites is 1. The first-order valence-corrected chi connectivity index (χ1v) is 11.0. The highest BCUT2D eigenvalue weighted by atomic mass is 19.1. The van der Waals surface area contributed by atoms with Crippen molar-refractivity contribution in [2.75, 3.05) is 42.9 Å². The number of piperazine rings is 1. The molecule has 32 heavy (non-hydrogen) atoms. The fraction of sp³-hybridized carbons (Fsp3) is 0.269. The predicted molar refractivity (Wildman–Crippen MR) is 123 cm³/mol. The minimum absolute atomic E-state index is 0.199. The van der Waals surface area contributed by atoms with Crippen LogP contribution < -0.4 is 10.2 Å². The van der Waals surface area contributed by atoms with E-state index in [2.05, 4.69) is 21.2 Å². The van der Waals surface area contributed by atoms with E-state index in [0.29, 0.717) is 5.56 Å². The molecule has 0 amide bonds. The number of anilines is 2. The lowest BCUT2D eigenvalue weighted by Crippen LogP contribution is -2.47. The number of benzene rings is 3. The lowest BCUT2D eigenvalue weighted by atomic mass is 10.1. The number of esters is 1. The van der Waals surface area contributed by atoms with E-state index in [0.717, 1.165) is 56.1 Å². The number of carbonyl (C=O) groups excluding carboxylic acids is 1. The molecule has 0 aromatic heterocycles. The van der Waals surface area contributed by atoms with E-state index in [4.69, 9.17) is 4.74 Å². The largest absolute Gasteiger partial charge is 0.434 e. The zero-order valence-electron chi connectivity index (χ0n) is 17.8. The van der Waals surface area contributed by atoms with E-state index in [1.807, 2.05) is 48.5 Å². The summed E-state index contributed by atoms with van der Waals surface area (Å²) in [6.45, 7) is 4.76. The van der Waals surface area contributed by atoms with Gasteiger partial charge in [0.05, 0.1) is 5.56 Å². The van der Waals surface area contributed by atoms with Gasteiger partial charge in [-0.2, -0.15) is 0 Å². The third-order valence-corrected chi connectivity index (χ3v) is 6.25. The van der Waals surface area contributed by atoms with Crippen LogP contribution in [-0.2, 0) is 11.2 Å². The molecule has 1 unspecified atom stereocenters. The molecule has 1 saturated heterocycles. The van der Waals surface area contributed by atoms with Crippen LogP contribution in [0.1, 0.15) is 27.7 Å². The summed E-state index contributed by atoms with van der Waals surface area (Å²) in [5, 5.41) is 3.42. The van der Waals surface area contributed by atoms with Crippen LogP contribution >= 0.6 is 0 Å². The van der Waals surface area contributed by atoms with Gasteiger partial charge in [-0.05, 0) is 48.4 Å². The molecule has 2 aliphatic rings. The minimum Gasteiger partial charge on any atom is -0.434 e. The maximum Gasteiger partial charge on any atom is 0.340 e. The van der Waals surface area contributed by atoms with Gasteiger partial charge in [-0.15, -0.1) is 0 Å². The normalized spacial score (nSPS) is 18.3. The van der Waals surface area contributed by atoms with Crippen LogP contribution in [0.5, 0.6) is 0 Å². The molecule has 1 atom stereocenters. The van der Waals surface area contributed by atoms with Gasteiger partial charge >= 0.3 is 5.97 Å². The van der Waals surface area contributed by atoms with Crippen molar-refractivity contribution in [2.45, 2.75) is 12.6 Å². The Hall–Kier alpha value is -3.38. The second kappa shape index (κ2) is 9.01. The molecule has 6 heteroatoms. The minimum atomic E-state index is -0.459. The molecule has 2 heterocycles. The number of fused-ring (bicyclic) bond motifs is 1. The summed E-state index contributed by atoms with van der Waals surface area (Å²) in [6.07, 6.45) is 0.446. The van der Waals surface area contributed by atoms with E-state index in [9.17, 15) is 9.18 Å². The van der Waals surface area contributed by atoms with Gasteiger partial charge < -0.3 is 15.0 Å². The molecule has 0 spiro atoms. The van der Waals surface area contributed by atoms with Gasteiger partial charge in [-0.3, -0.25) is 4.90 Å². The quantitative estimate of drug-likeness (QED) is 0.584. The van der Waals surface area contributed by atoms with Crippen molar-refractivity contribution in [3.63, 3.8) is 0 Å². The smallest absolute Gasteiger partial charge is 0.340 e. The van der Waals surface area contributed by atoms with Gasteiger partial charge in [0, 0.05) is 49.7 Å². The number of nitrogens with zero attached hydrogens (tertiary/aromatic N) is 2. The average molecular weight is 432 g/mol. The summed E-state index contributed by atoms with van der Waals surface area (Å²) >= 11 is 0. The van der Waals surface area contributed by atoms with E-state index in [1.54, 1.807) is 6.07 Å². The van der Waals surface area contributed by atoms with Gasteiger partial charge in [0.25, 0.3) is 0 Å². The van der Waals surface area contributed by atoms with Crippen molar-refractivity contribution in [3.8, 4) is 0 Å². The SMILES string of the molecule is O=C1OC(Nc2ccccc2CCN2CCN(c3ccc(F)cc3)CC2)c2ccccc21. The third-order valence-electron chi connectivity index (χ3n) is 6.25. The fourth-order valence-electron chi connectivity index (χ4n) is 4.43. The van der Waals surface area contributed by atoms with Gasteiger partial charge in [0.2, 0.25) is 6.23 Å². The molecule has 5 rings (SSSR count). The van der Waals surface area contributed by atoms with Crippen molar-refractivity contribution in [1.82, 2.24) is 4.90 Å². The van der Waals surface area contributed by atoms with Gasteiger partial charge in [0.1, 0.15) is 5.82 Å². The monoisotopic (exact) mass is 431 g/mol. The molecule has 0 saturated carbocycles. The zero-order valence-corrected chi connectivity index (χ0v) is 17.8. The van der Waals surface area contributed by atoms with Gasteiger partial charge in [-0.25, -0.2) is 9.18 Å². The Morgan fingerprint density at radius 3 is 2.44 bits per heavy atom. The second-order valence-electron chi connectivity index (χ2n) is 8.23. The standard InChI is InChI=1S/C26H26FN3O2/c27-20-9-11-21(12-10-20)30-17-15-29(16-18-30)14-13-19-5-1-4-8-24(19)28-25-22-6-2-3-7-23(22)26(31)32-25/h1-12,25,28H,13-18H2. The topological polar surface area (TPSA) is 44.8 Å². The first kappa shape index (κ1) is 20.5. The zero-order chi connectivity index (χ0) is 21.9. The van der Waals surface area contributed by atoms with Crippen molar-refractivity contribution < 1.29 is 13.9 Å². The molecule has 5 nitrogen and oxygen atoms in total. The highest BCUT2D eigenvalue weighted by Gasteiger charge is 2.30. The first-order valence-electron chi connectivity index (χ1n) is 11.0. The van der Waals surface area contributed by atoms with Crippen molar-refractivity contribution in [1.29, 1.82) is 0 Å². The molecule has 0 bridgehead atoms. The van der Waals surface area contributed by atoms with Crippen molar-refractivity contribution in [2.24, 2.45) is 0 Å². The Morgan fingerprint density at radius 2 is 1.62 bits per heavy atom. The van der Waals surface area contributed by atoms with E-state index in [-0.39, 0.29) is 11.8 Å². The molecule has 1 fully saturated rings. The summed E-state index contributed by atoms with van der Waals surface area (Å²) in [4.78, 5) is 16.9. The molecule has 0 radical (unpaired) electrons. The summed E-state index contributed by atoms with van der Waals surface area (Å²) in [5.41, 5.74) is 4.78. The number of hydrogen-bond donors (Lipinski definition) is 1. The average Bonchev–Trinajstić information content (AvgIpc) is 3.15. The Balaban J connectivity index is 1.19. The van der Waals surface area contributed by atoms with Crippen LogP contribution in [0.2, 0.25) is 0 Å². The summed E-state index contributed by atoms with van der Waals surface area (Å²) in [5.74, 6) is -0.481. The Labute approximate surface area is 187 Å². The Bertz CT molecular complexity index is 1090. The second-order valence-corrected chi connectivity index (χ2v) is 8.23. The number of halogens is 1. The summed E-state index contributed by atoms with van der Waals surface area (Å²) in [6, 6.07) is 22.4. The summed E-state index contributed by atoms with van der Waals surface area (Å²) < 4.78 is 18.7. The number of cyclic esters (lactones) is 1. The van der Waals surface area contributed by atoms with E-state index in [1.165, 1.54) is 17.7 Å². The van der Waals surface area contributed by atoms with Crippen LogP contribution in [0.4, 0.5) is 15.8 Å². The number of hydrogen-bond acceptors (Lipinski definition) is 5. The predicted octanol–water partition coefficient (Wildman–Crippen LogP) is 4.47. The van der Waals surface area contributed by atoms with Crippen LogP contribution in [0, 0.1) is 5.82 Å². The maximum absolute atomic E-state index is 13.2. The molecule has 3 aromatic rings. The van der Waals surface area contributed by atoms with Crippen LogP contribution in [0.15, 0.2) is 72.8 Å². The first-order chi connectivity index (χ1) is 15.7. The Kier molecular flexibility index (Phi) is 5.77. The molecular formula is C26H26FN3O2. The third kappa shape index (κ3) is 4.32. The Morgan fingerprint density at radius 1 is 0.906 bits per heavy atom. The molecule has 1 N–H and O–H groups in total. The number of nitrogens with one attached hydrogen (secondary N) is 1. The molecule has 164 valence electrons. The lowest BCUT2D eigenvalue weighted by Gasteiger charge is -2.36. The number of carbonyl (C=O) groups is 1. The van der Waals surface area contributed by atoms with Crippen LogP contribution in [-0.4, -0.2) is 43.6 Å². The number of rotatable bonds is 6. The van der Waals surface area contributed by atoms with Crippen LogP contribution in [0.25, 0.3) is 0 Å².